The minimum atomic E-state index is -3.38. The van der Waals surface area contributed by atoms with Gasteiger partial charge in [-0.25, -0.2) is 8.78 Å². The highest BCUT2D eigenvalue weighted by atomic mass is 19.3. The first-order valence-corrected chi connectivity index (χ1v) is 5.05. The number of rotatable bonds is 5. The first-order chi connectivity index (χ1) is 8.34. The molecule has 18 heavy (non-hydrogen) atoms. The van der Waals surface area contributed by atoms with Gasteiger partial charge in [0, 0.05) is 18.0 Å². The number of aromatic nitrogens is 1. The molecule has 100 valence electrons. The van der Waals surface area contributed by atoms with E-state index in [-0.39, 0.29) is 5.69 Å². The lowest BCUT2D eigenvalue weighted by molar-refractivity contribution is -0.124. The Morgan fingerprint density at radius 2 is 2.17 bits per heavy atom. The second kappa shape index (κ2) is 5.58. The van der Waals surface area contributed by atoms with Crippen molar-refractivity contribution in [2.45, 2.75) is 12.5 Å². The molecule has 4 N–H and O–H groups in total. The van der Waals surface area contributed by atoms with Crippen LogP contribution < -0.4 is 16.6 Å². The zero-order chi connectivity index (χ0) is 13.8. The van der Waals surface area contributed by atoms with Crippen molar-refractivity contribution < 1.29 is 18.7 Å². The monoisotopic (exact) mass is 261 g/mol. The van der Waals surface area contributed by atoms with Gasteiger partial charge in [0.15, 0.2) is 0 Å². The van der Waals surface area contributed by atoms with Crippen molar-refractivity contribution in [3.05, 3.63) is 28.7 Å². The Kier molecular flexibility index (Phi) is 4.38. The number of hydrogen-bond acceptors (Lipinski definition) is 4. The van der Waals surface area contributed by atoms with E-state index >= 15 is 0 Å². The Morgan fingerprint density at radius 3 is 2.78 bits per heavy atom. The number of nitrogens with one attached hydrogen (secondary N) is 1. The van der Waals surface area contributed by atoms with E-state index in [0.717, 1.165) is 4.57 Å². The number of nitrogens with zero attached hydrogens (tertiary/aromatic N) is 1. The number of aliphatic hydroxyl groups is 1. The van der Waals surface area contributed by atoms with E-state index in [1.54, 1.807) is 0 Å². The summed E-state index contributed by atoms with van der Waals surface area (Å²) in [6, 6.07) is 2.54. The van der Waals surface area contributed by atoms with Gasteiger partial charge < -0.3 is 20.7 Å². The van der Waals surface area contributed by atoms with Crippen LogP contribution in [0, 0.1) is 0 Å². The van der Waals surface area contributed by atoms with Gasteiger partial charge in [0.1, 0.15) is 13.2 Å². The van der Waals surface area contributed by atoms with Crippen LogP contribution in [0.3, 0.4) is 0 Å². The van der Waals surface area contributed by atoms with E-state index in [2.05, 4.69) is 0 Å². The van der Waals surface area contributed by atoms with Gasteiger partial charge in [-0.05, 0) is 6.07 Å². The summed E-state index contributed by atoms with van der Waals surface area (Å²) < 4.78 is 26.3. The number of halogens is 2. The van der Waals surface area contributed by atoms with Crippen LogP contribution in [0.4, 0.5) is 14.5 Å². The maximum Gasteiger partial charge on any atom is 0.287 e. The van der Waals surface area contributed by atoms with Crippen molar-refractivity contribution in [3.63, 3.8) is 0 Å². The summed E-state index contributed by atoms with van der Waals surface area (Å²) in [4.78, 5) is 22.6. The summed E-state index contributed by atoms with van der Waals surface area (Å²) in [5.74, 6) is -4.15. The predicted molar refractivity (Wildman–Crippen MR) is 60.2 cm³/mol. The van der Waals surface area contributed by atoms with Gasteiger partial charge >= 0.3 is 0 Å². The first kappa shape index (κ1) is 14.1. The van der Waals surface area contributed by atoms with Gasteiger partial charge in [-0.15, -0.1) is 0 Å². The number of aliphatic hydroxyl groups excluding tert-OH is 1. The zero-order valence-electron chi connectivity index (χ0n) is 9.40. The van der Waals surface area contributed by atoms with Crippen LogP contribution in [-0.4, -0.2) is 34.7 Å². The van der Waals surface area contributed by atoms with Crippen LogP contribution in [0.1, 0.15) is 0 Å². The number of carbonyl (C=O) groups excluding carboxylic acids is 1. The third-order valence-corrected chi connectivity index (χ3v) is 2.10. The summed E-state index contributed by atoms with van der Waals surface area (Å²) in [6.45, 7) is -2.75. The molecule has 0 radical (unpaired) electrons. The Hall–Kier alpha value is -1.96. The van der Waals surface area contributed by atoms with Crippen molar-refractivity contribution in [2.24, 2.45) is 0 Å². The second-order valence-corrected chi connectivity index (χ2v) is 3.72. The molecule has 0 aromatic carbocycles. The average molecular weight is 261 g/mol. The highest BCUT2D eigenvalue weighted by molar-refractivity contribution is 5.75. The molecule has 6 nitrogen and oxygen atoms in total. The maximum atomic E-state index is 12.6. The fourth-order valence-electron chi connectivity index (χ4n) is 1.17. The largest absolute Gasteiger partial charge is 0.398 e. The number of pyridine rings is 1. The van der Waals surface area contributed by atoms with Crippen molar-refractivity contribution in [1.29, 1.82) is 0 Å². The molecule has 1 amide bonds. The number of hydrogen-bond donors (Lipinski definition) is 3. The van der Waals surface area contributed by atoms with E-state index in [0.29, 0.717) is 0 Å². The van der Waals surface area contributed by atoms with Crippen molar-refractivity contribution in [2.75, 3.05) is 18.9 Å². The number of nitrogens with two attached hydrogens (primary N) is 1. The van der Waals surface area contributed by atoms with Crippen molar-refractivity contribution in [3.8, 4) is 0 Å². The minimum absolute atomic E-state index is 0.281. The van der Waals surface area contributed by atoms with Gasteiger partial charge in [-0.2, -0.15) is 0 Å². The van der Waals surface area contributed by atoms with Gasteiger partial charge in [-0.3, -0.25) is 9.59 Å². The lowest BCUT2D eigenvalue weighted by Crippen LogP contribution is -2.41. The van der Waals surface area contributed by atoms with Crippen molar-refractivity contribution in [1.82, 2.24) is 9.88 Å². The molecule has 1 rings (SSSR count). The predicted octanol–water partition coefficient (Wildman–Crippen LogP) is -0.826. The lowest BCUT2D eigenvalue weighted by Gasteiger charge is -2.14. The normalized spacial score (nSPS) is 11.3. The molecule has 0 saturated heterocycles. The summed E-state index contributed by atoms with van der Waals surface area (Å²) >= 11 is 0. The minimum Gasteiger partial charge on any atom is -0.398 e. The zero-order valence-corrected chi connectivity index (χ0v) is 9.40. The van der Waals surface area contributed by atoms with E-state index in [9.17, 15) is 18.4 Å². The smallest absolute Gasteiger partial charge is 0.287 e. The van der Waals surface area contributed by atoms with Gasteiger partial charge in [0.2, 0.25) is 5.91 Å². The third-order valence-electron chi connectivity index (χ3n) is 2.10. The molecular formula is C10H13F2N3O3. The molecule has 0 bridgehead atoms. The number of nitrogen functional groups attached to an aromatic ring is 1. The topological polar surface area (TPSA) is 97.4 Å². The fraction of sp³-hybridized carbons (Fsp3) is 0.400. The Morgan fingerprint density at radius 1 is 1.50 bits per heavy atom. The maximum absolute atomic E-state index is 12.6. The second-order valence-electron chi connectivity index (χ2n) is 3.72. The quantitative estimate of drug-likeness (QED) is 0.644. The molecule has 0 atom stereocenters. The van der Waals surface area contributed by atoms with E-state index < -0.39 is 37.1 Å². The number of anilines is 1. The van der Waals surface area contributed by atoms with E-state index in [1.807, 2.05) is 5.32 Å². The SMILES string of the molecule is Nc1ccc(=O)n(CC(=O)NCC(F)(F)CO)c1. The molecule has 0 unspecified atom stereocenters. The lowest BCUT2D eigenvalue weighted by atomic mass is 10.3. The summed E-state index contributed by atoms with van der Waals surface area (Å²) in [5.41, 5.74) is 5.24. The van der Waals surface area contributed by atoms with Gasteiger partial charge in [-0.1, -0.05) is 0 Å². The Bertz CT molecular complexity index is 488. The third kappa shape index (κ3) is 4.13. The van der Waals surface area contributed by atoms with Gasteiger partial charge in [0.05, 0.1) is 6.54 Å². The molecule has 1 aromatic heterocycles. The van der Waals surface area contributed by atoms with Crippen LogP contribution >= 0.6 is 0 Å². The summed E-state index contributed by atoms with van der Waals surface area (Å²) in [5, 5.41) is 10.2. The van der Waals surface area contributed by atoms with Crippen LogP contribution in [0.25, 0.3) is 0 Å². The average Bonchev–Trinajstić information content (AvgIpc) is 2.31. The summed E-state index contributed by atoms with van der Waals surface area (Å²) in [6.07, 6.45) is 1.24. The molecule has 0 spiro atoms. The Balaban J connectivity index is 2.60. The standard InChI is InChI=1S/C10H13F2N3O3/c11-10(12,6-16)5-14-8(17)4-15-3-7(13)1-2-9(15)18/h1-3,16H,4-6,13H2,(H,14,17). The number of amides is 1. The van der Waals surface area contributed by atoms with E-state index in [4.69, 9.17) is 10.8 Å². The molecule has 1 aromatic rings. The van der Waals surface area contributed by atoms with Crippen LogP contribution in [0.15, 0.2) is 23.1 Å². The Labute approximate surface area is 101 Å². The molecule has 0 fully saturated rings. The number of alkyl halides is 2. The van der Waals surface area contributed by atoms with Crippen LogP contribution in [0.5, 0.6) is 0 Å². The molecule has 8 heteroatoms. The highest BCUT2D eigenvalue weighted by Gasteiger charge is 2.28. The van der Waals surface area contributed by atoms with E-state index in [1.165, 1.54) is 18.3 Å². The molecule has 1 heterocycles. The molecule has 0 aliphatic rings. The molecule has 0 aliphatic heterocycles. The van der Waals surface area contributed by atoms with Crippen molar-refractivity contribution >= 4 is 11.6 Å². The molecule has 0 aliphatic carbocycles. The summed E-state index contributed by atoms with van der Waals surface area (Å²) in [7, 11) is 0. The molecule has 0 saturated carbocycles. The number of carbonyl (C=O) groups is 1. The fourth-order valence-corrected chi connectivity index (χ4v) is 1.17. The molecular weight excluding hydrogens is 248 g/mol. The van der Waals surface area contributed by atoms with Gasteiger partial charge in [0.25, 0.3) is 11.5 Å². The van der Waals surface area contributed by atoms with Crippen LogP contribution in [-0.2, 0) is 11.3 Å². The van der Waals surface area contributed by atoms with Crippen LogP contribution in [0.2, 0.25) is 0 Å². The first-order valence-electron chi connectivity index (χ1n) is 5.05. The highest BCUT2D eigenvalue weighted by Crippen LogP contribution is 2.09.